The fourth-order valence-electron chi connectivity index (χ4n) is 1.93. The average molecular weight is 299 g/mol. The van der Waals surface area contributed by atoms with Gasteiger partial charge in [-0.3, -0.25) is 4.79 Å². The lowest BCUT2D eigenvalue weighted by molar-refractivity contribution is -0.154. The fraction of sp³-hybridized carbons (Fsp3) is 0.385. The molecule has 0 aliphatic rings. The molecule has 1 rings (SSSR count). The van der Waals surface area contributed by atoms with Gasteiger partial charge in [0.15, 0.2) is 15.4 Å². The van der Waals surface area contributed by atoms with Crippen molar-refractivity contribution < 1.29 is 23.1 Å². The lowest BCUT2D eigenvalue weighted by Crippen LogP contribution is -2.49. The first-order chi connectivity index (χ1) is 9.17. The van der Waals surface area contributed by atoms with E-state index in [0.29, 0.717) is 12.0 Å². The van der Waals surface area contributed by atoms with Gasteiger partial charge in [-0.2, -0.15) is 0 Å². The molecular formula is C13H17NO5S. The van der Waals surface area contributed by atoms with E-state index in [1.54, 1.807) is 6.92 Å². The van der Waals surface area contributed by atoms with Crippen LogP contribution in [-0.4, -0.2) is 43.6 Å². The first-order valence-electron chi connectivity index (χ1n) is 5.94. The number of carboxylic acids is 1. The molecule has 20 heavy (non-hydrogen) atoms. The third-order valence-corrected chi connectivity index (χ3v) is 4.43. The molecule has 0 radical (unpaired) electrons. The number of aliphatic carboxylic acids is 1. The molecule has 1 atom stereocenters. The molecule has 0 aliphatic carbocycles. The number of rotatable bonds is 6. The minimum atomic E-state index is -3.35. The number of likely N-dealkylation sites (N-methyl/N-ethyl adjacent to an activating group) is 1. The van der Waals surface area contributed by atoms with E-state index in [9.17, 15) is 23.1 Å². The molecule has 7 heteroatoms. The summed E-state index contributed by atoms with van der Waals surface area (Å²) >= 11 is 0. The number of hydrogen-bond acceptors (Lipinski definition) is 4. The first-order valence-corrected chi connectivity index (χ1v) is 7.83. The van der Waals surface area contributed by atoms with Crippen LogP contribution in [0.25, 0.3) is 0 Å². The lowest BCUT2D eigenvalue weighted by Gasteiger charge is -2.34. The highest BCUT2D eigenvalue weighted by Gasteiger charge is 2.40. The Morgan fingerprint density at radius 2 is 1.85 bits per heavy atom. The molecule has 1 unspecified atom stereocenters. The topological polar surface area (TPSA) is 91.8 Å². The molecule has 1 aromatic carbocycles. The van der Waals surface area contributed by atoms with Crippen molar-refractivity contribution in [2.24, 2.45) is 0 Å². The minimum absolute atomic E-state index is 0.100. The highest BCUT2D eigenvalue weighted by molar-refractivity contribution is 7.90. The van der Waals surface area contributed by atoms with Crippen LogP contribution in [-0.2, 0) is 25.0 Å². The van der Waals surface area contributed by atoms with Crippen LogP contribution in [0.2, 0.25) is 0 Å². The van der Waals surface area contributed by atoms with E-state index in [0.717, 1.165) is 11.2 Å². The molecule has 0 bridgehead atoms. The van der Waals surface area contributed by atoms with Crippen molar-refractivity contribution in [3.8, 4) is 0 Å². The Hall–Kier alpha value is -1.89. The largest absolute Gasteiger partial charge is 0.479 e. The molecule has 0 fully saturated rings. The quantitative estimate of drug-likeness (QED) is 0.787. The summed E-state index contributed by atoms with van der Waals surface area (Å²) in [6.45, 7) is 3.29. The standard InChI is InChI=1S/C13H17NO5S/c1-4-14(9-15)13(2,12(16)17)10-5-7-11(8-6-10)20(3,18)19/h5-9H,4H2,1-3H3,(H,16,17). The Labute approximate surface area is 117 Å². The number of carbonyl (C=O) groups excluding carboxylic acids is 1. The monoisotopic (exact) mass is 299 g/mol. The van der Waals surface area contributed by atoms with Crippen molar-refractivity contribution in [2.45, 2.75) is 24.3 Å². The maximum absolute atomic E-state index is 11.5. The second-order valence-electron chi connectivity index (χ2n) is 4.57. The van der Waals surface area contributed by atoms with E-state index in [-0.39, 0.29) is 11.4 Å². The predicted octanol–water partition coefficient (Wildman–Crippen LogP) is 0.868. The van der Waals surface area contributed by atoms with Crippen LogP contribution in [0.15, 0.2) is 29.2 Å². The fourth-order valence-corrected chi connectivity index (χ4v) is 2.57. The zero-order chi connectivity index (χ0) is 15.6. The first kappa shape index (κ1) is 16.2. The van der Waals surface area contributed by atoms with Gasteiger partial charge in [0.1, 0.15) is 0 Å². The Kier molecular flexibility index (Phi) is 4.54. The zero-order valence-corrected chi connectivity index (χ0v) is 12.3. The van der Waals surface area contributed by atoms with Crippen LogP contribution in [0.3, 0.4) is 0 Å². The lowest BCUT2D eigenvalue weighted by atomic mass is 9.90. The van der Waals surface area contributed by atoms with E-state index in [4.69, 9.17) is 0 Å². The smallest absolute Gasteiger partial charge is 0.334 e. The van der Waals surface area contributed by atoms with Crippen LogP contribution in [0.4, 0.5) is 0 Å². The summed E-state index contributed by atoms with van der Waals surface area (Å²) in [5, 5.41) is 9.43. The number of hydrogen-bond donors (Lipinski definition) is 1. The normalized spacial score (nSPS) is 14.3. The second-order valence-corrected chi connectivity index (χ2v) is 6.58. The SMILES string of the molecule is CCN(C=O)C(C)(C(=O)O)c1ccc(S(C)(=O)=O)cc1. The predicted molar refractivity (Wildman–Crippen MR) is 73.0 cm³/mol. The van der Waals surface area contributed by atoms with Crippen molar-refractivity contribution >= 4 is 22.2 Å². The number of nitrogens with zero attached hydrogens (tertiary/aromatic N) is 1. The molecule has 0 saturated heterocycles. The van der Waals surface area contributed by atoms with Gasteiger partial charge in [-0.1, -0.05) is 12.1 Å². The molecule has 0 saturated carbocycles. The summed E-state index contributed by atoms with van der Waals surface area (Å²) in [6, 6.07) is 5.50. The number of benzene rings is 1. The van der Waals surface area contributed by atoms with Gasteiger partial charge >= 0.3 is 5.97 Å². The summed E-state index contributed by atoms with van der Waals surface area (Å²) in [7, 11) is -3.35. The van der Waals surface area contributed by atoms with Gasteiger partial charge in [0.05, 0.1) is 4.90 Å². The van der Waals surface area contributed by atoms with Crippen molar-refractivity contribution in [3.63, 3.8) is 0 Å². The summed E-state index contributed by atoms with van der Waals surface area (Å²) in [5.41, 5.74) is -1.20. The van der Waals surface area contributed by atoms with Gasteiger partial charge in [0.25, 0.3) is 0 Å². The van der Waals surface area contributed by atoms with Gasteiger partial charge in [0, 0.05) is 12.8 Å². The Morgan fingerprint density at radius 3 is 2.15 bits per heavy atom. The highest BCUT2D eigenvalue weighted by atomic mass is 32.2. The van der Waals surface area contributed by atoms with Crippen molar-refractivity contribution in [1.29, 1.82) is 0 Å². The van der Waals surface area contributed by atoms with Crippen LogP contribution in [0.1, 0.15) is 19.4 Å². The summed E-state index contributed by atoms with van der Waals surface area (Å²) in [6.07, 6.45) is 1.54. The van der Waals surface area contributed by atoms with Gasteiger partial charge < -0.3 is 10.0 Å². The van der Waals surface area contributed by atoms with E-state index < -0.39 is 21.3 Å². The molecule has 0 aliphatic heterocycles. The van der Waals surface area contributed by atoms with Crippen LogP contribution in [0, 0.1) is 0 Å². The molecule has 0 aromatic heterocycles. The van der Waals surface area contributed by atoms with Crippen molar-refractivity contribution in [2.75, 3.05) is 12.8 Å². The molecular weight excluding hydrogens is 282 g/mol. The molecule has 0 spiro atoms. The number of carbonyl (C=O) groups is 2. The third-order valence-electron chi connectivity index (χ3n) is 3.30. The van der Waals surface area contributed by atoms with Gasteiger partial charge in [-0.05, 0) is 31.5 Å². The summed E-state index contributed by atoms with van der Waals surface area (Å²) in [4.78, 5) is 23.8. The van der Waals surface area contributed by atoms with Gasteiger partial charge in [-0.25, -0.2) is 13.2 Å². The Balaban J connectivity index is 3.37. The number of carboxylic acid groups (broad SMARTS) is 1. The minimum Gasteiger partial charge on any atom is -0.479 e. The number of sulfone groups is 1. The Morgan fingerprint density at radius 1 is 1.35 bits per heavy atom. The van der Waals surface area contributed by atoms with Crippen LogP contribution >= 0.6 is 0 Å². The maximum Gasteiger partial charge on any atom is 0.334 e. The number of amides is 1. The average Bonchev–Trinajstić information content (AvgIpc) is 2.38. The summed E-state index contributed by atoms with van der Waals surface area (Å²) in [5.74, 6) is -1.18. The molecule has 1 amide bonds. The maximum atomic E-state index is 11.5. The zero-order valence-electron chi connectivity index (χ0n) is 11.5. The van der Waals surface area contributed by atoms with E-state index in [2.05, 4.69) is 0 Å². The van der Waals surface area contributed by atoms with Gasteiger partial charge in [0.2, 0.25) is 6.41 Å². The molecule has 1 aromatic rings. The molecule has 110 valence electrons. The van der Waals surface area contributed by atoms with Crippen LogP contribution < -0.4 is 0 Å². The summed E-state index contributed by atoms with van der Waals surface area (Å²) < 4.78 is 22.8. The van der Waals surface area contributed by atoms with Crippen LogP contribution in [0.5, 0.6) is 0 Å². The third kappa shape index (κ3) is 2.82. The highest BCUT2D eigenvalue weighted by Crippen LogP contribution is 2.28. The Bertz CT molecular complexity index is 608. The van der Waals surface area contributed by atoms with Gasteiger partial charge in [-0.15, -0.1) is 0 Å². The van der Waals surface area contributed by atoms with E-state index in [1.165, 1.54) is 31.2 Å². The molecule has 0 heterocycles. The second kappa shape index (κ2) is 5.62. The van der Waals surface area contributed by atoms with Crippen molar-refractivity contribution in [3.05, 3.63) is 29.8 Å². The van der Waals surface area contributed by atoms with E-state index >= 15 is 0 Å². The molecule has 1 N–H and O–H groups in total. The van der Waals surface area contributed by atoms with E-state index in [1.807, 2.05) is 0 Å². The van der Waals surface area contributed by atoms with Crippen molar-refractivity contribution in [1.82, 2.24) is 4.90 Å². The molecule has 6 nitrogen and oxygen atoms in total.